The Morgan fingerprint density at radius 3 is 2.43 bits per heavy atom. The maximum Gasteiger partial charge on any atom is 0.290 e. The summed E-state index contributed by atoms with van der Waals surface area (Å²) < 4.78 is 5.68. The van der Waals surface area contributed by atoms with Gasteiger partial charge in [-0.05, 0) is 31.9 Å². The third-order valence-corrected chi connectivity index (χ3v) is 4.22. The molecule has 1 aromatic carbocycles. The number of hydrogen-bond acceptors (Lipinski definition) is 4. The number of carboxylic acid groups (broad SMARTS) is 1. The first-order valence-corrected chi connectivity index (χ1v) is 8.20. The van der Waals surface area contributed by atoms with Gasteiger partial charge in [0.25, 0.3) is 6.47 Å². The molecule has 1 saturated carbocycles. The summed E-state index contributed by atoms with van der Waals surface area (Å²) in [5, 5.41) is 17.2. The molecule has 0 atom stereocenters. The van der Waals surface area contributed by atoms with Crippen molar-refractivity contribution in [2.45, 2.75) is 44.3 Å². The van der Waals surface area contributed by atoms with Crippen molar-refractivity contribution in [1.29, 1.82) is 0 Å². The highest BCUT2D eigenvalue weighted by Gasteiger charge is 2.30. The zero-order chi connectivity index (χ0) is 17.0. The summed E-state index contributed by atoms with van der Waals surface area (Å²) >= 11 is 0. The molecule has 2 rings (SSSR count). The van der Waals surface area contributed by atoms with E-state index in [1.165, 1.54) is 18.4 Å². The highest BCUT2D eigenvalue weighted by molar-refractivity contribution is 5.32. The molecular weight excluding hydrogens is 294 g/mol. The number of hydrogen-bond donors (Lipinski definition) is 2. The zero-order valence-electron chi connectivity index (χ0n) is 14.0. The van der Waals surface area contributed by atoms with Crippen LogP contribution in [0.15, 0.2) is 30.3 Å². The van der Waals surface area contributed by atoms with Crippen molar-refractivity contribution in [3.05, 3.63) is 35.9 Å². The summed E-state index contributed by atoms with van der Waals surface area (Å²) in [6.07, 6.45) is 5.21. The van der Waals surface area contributed by atoms with Gasteiger partial charge in [-0.25, -0.2) is 0 Å². The van der Waals surface area contributed by atoms with E-state index < -0.39 is 0 Å². The van der Waals surface area contributed by atoms with Gasteiger partial charge in [0.1, 0.15) is 0 Å². The SMILES string of the molecule is CN(CCOCc1ccccc1)CCC1(O)CCCC1.O=CO. The van der Waals surface area contributed by atoms with E-state index >= 15 is 0 Å². The van der Waals surface area contributed by atoms with E-state index in [9.17, 15) is 5.11 Å². The Morgan fingerprint density at radius 2 is 1.83 bits per heavy atom. The summed E-state index contributed by atoms with van der Waals surface area (Å²) in [5.41, 5.74) is 0.828. The van der Waals surface area contributed by atoms with Crippen LogP contribution in [0.5, 0.6) is 0 Å². The minimum atomic E-state index is -0.390. The van der Waals surface area contributed by atoms with Crippen molar-refractivity contribution in [3.63, 3.8) is 0 Å². The van der Waals surface area contributed by atoms with Crippen molar-refractivity contribution < 1.29 is 19.7 Å². The fourth-order valence-corrected chi connectivity index (χ4v) is 2.78. The van der Waals surface area contributed by atoms with Crippen LogP contribution in [0.3, 0.4) is 0 Å². The molecule has 0 amide bonds. The van der Waals surface area contributed by atoms with Crippen LogP contribution in [0, 0.1) is 0 Å². The van der Waals surface area contributed by atoms with Gasteiger partial charge >= 0.3 is 0 Å². The van der Waals surface area contributed by atoms with Crippen LogP contribution in [0.2, 0.25) is 0 Å². The van der Waals surface area contributed by atoms with Crippen molar-refractivity contribution in [2.75, 3.05) is 26.7 Å². The summed E-state index contributed by atoms with van der Waals surface area (Å²) in [5.74, 6) is 0. The number of aliphatic hydroxyl groups is 1. The monoisotopic (exact) mass is 323 g/mol. The Morgan fingerprint density at radius 1 is 1.22 bits per heavy atom. The van der Waals surface area contributed by atoms with E-state index in [0.717, 1.165) is 39.0 Å². The number of carbonyl (C=O) groups is 1. The predicted molar refractivity (Wildman–Crippen MR) is 90.3 cm³/mol. The minimum Gasteiger partial charge on any atom is -0.483 e. The molecule has 1 fully saturated rings. The Labute approximate surface area is 138 Å². The topological polar surface area (TPSA) is 70.0 Å². The van der Waals surface area contributed by atoms with Gasteiger partial charge < -0.3 is 19.8 Å². The van der Waals surface area contributed by atoms with E-state index in [-0.39, 0.29) is 12.1 Å². The molecule has 5 heteroatoms. The normalized spacial score (nSPS) is 16.0. The Balaban J connectivity index is 0.000000816. The molecule has 0 radical (unpaired) electrons. The maximum atomic E-state index is 10.3. The number of benzene rings is 1. The first-order valence-electron chi connectivity index (χ1n) is 8.20. The minimum absolute atomic E-state index is 0.250. The van der Waals surface area contributed by atoms with E-state index in [1.807, 2.05) is 18.2 Å². The van der Waals surface area contributed by atoms with Gasteiger partial charge in [0.2, 0.25) is 0 Å². The number of nitrogens with zero attached hydrogens (tertiary/aromatic N) is 1. The van der Waals surface area contributed by atoms with Crippen LogP contribution >= 0.6 is 0 Å². The average molecular weight is 323 g/mol. The summed E-state index contributed by atoms with van der Waals surface area (Å²) in [4.78, 5) is 10.6. The van der Waals surface area contributed by atoms with Gasteiger partial charge in [0.05, 0.1) is 18.8 Å². The van der Waals surface area contributed by atoms with Crippen molar-refractivity contribution in [3.8, 4) is 0 Å². The predicted octanol–water partition coefficient (Wildman–Crippen LogP) is 2.53. The van der Waals surface area contributed by atoms with Gasteiger partial charge in [0.15, 0.2) is 0 Å². The van der Waals surface area contributed by atoms with Crippen LogP contribution in [-0.4, -0.2) is 53.9 Å². The van der Waals surface area contributed by atoms with E-state index in [0.29, 0.717) is 6.61 Å². The third kappa shape index (κ3) is 8.69. The highest BCUT2D eigenvalue weighted by atomic mass is 16.5. The molecule has 0 aromatic heterocycles. The molecular formula is C18H29NO4. The average Bonchev–Trinajstić information content (AvgIpc) is 2.99. The van der Waals surface area contributed by atoms with Crippen LogP contribution in [0.4, 0.5) is 0 Å². The van der Waals surface area contributed by atoms with Gasteiger partial charge in [-0.1, -0.05) is 43.2 Å². The molecule has 0 bridgehead atoms. The van der Waals surface area contributed by atoms with E-state index in [4.69, 9.17) is 14.6 Å². The van der Waals surface area contributed by atoms with Gasteiger partial charge in [0, 0.05) is 13.1 Å². The maximum absolute atomic E-state index is 10.3. The fraction of sp³-hybridized carbons (Fsp3) is 0.611. The molecule has 23 heavy (non-hydrogen) atoms. The summed E-state index contributed by atoms with van der Waals surface area (Å²) in [7, 11) is 2.10. The zero-order valence-corrected chi connectivity index (χ0v) is 14.0. The second kappa shape index (κ2) is 11.2. The third-order valence-electron chi connectivity index (χ3n) is 4.22. The summed E-state index contributed by atoms with van der Waals surface area (Å²) in [6, 6.07) is 10.3. The number of ether oxygens (including phenoxy) is 1. The lowest BCUT2D eigenvalue weighted by molar-refractivity contribution is -0.122. The standard InChI is InChI=1S/C17H27NO2.CH2O2/c1-18(12-11-17(19)9-5-6-10-17)13-14-20-15-16-7-3-2-4-8-16;2-1-3/h2-4,7-8,19H,5-6,9-15H2,1H3;1H,(H,2,3). The molecule has 0 spiro atoms. The lowest BCUT2D eigenvalue weighted by Crippen LogP contribution is -2.32. The van der Waals surface area contributed by atoms with Crippen molar-refractivity contribution in [1.82, 2.24) is 4.90 Å². The Kier molecular flexibility index (Phi) is 9.52. The van der Waals surface area contributed by atoms with Crippen molar-refractivity contribution in [2.24, 2.45) is 0 Å². The largest absolute Gasteiger partial charge is 0.483 e. The molecule has 1 aliphatic rings. The quantitative estimate of drug-likeness (QED) is 0.568. The lowest BCUT2D eigenvalue weighted by atomic mass is 9.98. The van der Waals surface area contributed by atoms with Gasteiger partial charge in [-0.15, -0.1) is 0 Å². The second-order valence-corrected chi connectivity index (χ2v) is 6.13. The second-order valence-electron chi connectivity index (χ2n) is 6.13. The molecule has 130 valence electrons. The molecule has 0 unspecified atom stereocenters. The lowest BCUT2D eigenvalue weighted by Gasteiger charge is -2.25. The number of likely N-dealkylation sites (N-methyl/N-ethyl adjacent to an activating group) is 1. The summed E-state index contributed by atoms with van der Waals surface area (Å²) in [6.45, 7) is 3.04. The van der Waals surface area contributed by atoms with Crippen LogP contribution < -0.4 is 0 Å². The van der Waals surface area contributed by atoms with Crippen molar-refractivity contribution >= 4 is 6.47 Å². The first kappa shape index (κ1) is 19.6. The smallest absolute Gasteiger partial charge is 0.290 e. The molecule has 5 nitrogen and oxygen atoms in total. The molecule has 0 heterocycles. The first-order chi connectivity index (χ1) is 11.1. The molecule has 0 aliphatic heterocycles. The molecule has 1 aromatic rings. The highest BCUT2D eigenvalue weighted by Crippen LogP contribution is 2.32. The van der Waals surface area contributed by atoms with Crippen LogP contribution in [-0.2, 0) is 16.1 Å². The number of rotatable bonds is 8. The fourth-order valence-electron chi connectivity index (χ4n) is 2.78. The van der Waals surface area contributed by atoms with Crippen LogP contribution in [0.1, 0.15) is 37.7 Å². The van der Waals surface area contributed by atoms with Crippen LogP contribution in [0.25, 0.3) is 0 Å². The van der Waals surface area contributed by atoms with Gasteiger partial charge in [-0.3, -0.25) is 4.79 Å². The Bertz CT molecular complexity index is 418. The van der Waals surface area contributed by atoms with Gasteiger partial charge in [-0.2, -0.15) is 0 Å². The Hall–Kier alpha value is -1.43. The molecule has 0 saturated heterocycles. The van der Waals surface area contributed by atoms with E-state index in [2.05, 4.69) is 24.1 Å². The van der Waals surface area contributed by atoms with E-state index in [1.54, 1.807) is 0 Å². The molecule has 2 N–H and O–H groups in total. The molecule has 1 aliphatic carbocycles.